The number of pyridine rings is 1. The number of hydrogen-bond donors (Lipinski definition) is 1. The molecule has 1 aromatic carbocycles. The van der Waals surface area contributed by atoms with E-state index in [2.05, 4.69) is 33.2 Å². The number of carbonyl (C=O) groups is 1. The number of nitrogens with zero attached hydrogens (tertiary/aromatic N) is 5. The fraction of sp³-hybridized carbons (Fsp3) is 0.318. The maximum absolute atomic E-state index is 12.0. The number of carbonyl (C=O) groups excluding carboxylic acids is 1. The summed E-state index contributed by atoms with van der Waals surface area (Å²) in [5.41, 5.74) is 3.37. The van der Waals surface area contributed by atoms with Crippen molar-refractivity contribution in [1.29, 1.82) is 0 Å². The minimum Gasteiger partial charge on any atom is -0.396 e. The number of hydrogen-bond acceptors (Lipinski definition) is 5. The Hall–Kier alpha value is -3.19. The number of fused-ring (bicyclic) bond motifs is 1. The quantitative estimate of drug-likeness (QED) is 0.654. The molecular weight excluding hydrogens is 366 g/mol. The summed E-state index contributed by atoms with van der Waals surface area (Å²) >= 11 is 0. The van der Waals surface area contributed by atoms with Gasteiger partial charge in [0.15, 0.2) is 5.65 Å². The summed E-state index contributed by atoms with van der Waals surface area (Å²) in [6.45, 7) is 6.02. The first-order valence-corrected chi connectivity index (χ1v) is 9.77. The smallest absolute Gasteiger partial charge is 0.250 e. The van der Waals surface area contributed by atoms with Gasteiger partial charge in [0.1, 0.15) is 0 Å². The van der Waals surface area contributed by atoms with E-state index in [0.717, 1.165) is 36.5 Å². The summed E-state index contributed by atoms with van der Waals surface area (Å²) in [7, 11) is 1.71. The second-order valence-electron chi connectivity index (χ2n) is 7.40. The zero-order valence-electron chi connectivity index (χ0n) is 16.5. The summed E-state index contributed by atoms with van der Waals surface area (Å²) in [6.07, 6.45) is 3.89. The van der Waals surface area contributed by atoms with Crippen molar-refractivity contribution in [2.75, 3.05) is 36.5 Å². The number of anilines is 2. The van der Waals surface area contributed by atoms with Crippen molar-refractivity contribution in [3.8, 4) is 0 Å². The Morgan fingerprint density at radius 3 is 2.86 bits per heavy atom. The standard InChI is InChI=1S/C22H25N5O2/c1-3-20(29)25(2)18-11-19-21(23-12-18)24-22(26-10-9-17(13-26)15-28)27(19)14-16-7-5-4-6-8-16/h3-8,11-12,17,28H,1,9-10,13-15H2,2H3/t17-/m0/s1. The topological polar surface area (TPSA) is 74.5 Å². The molecule has 2 aromatic heterocycles. The molecule has 1 amide bonds. The van der Waals surface area contributed by atoms with E-state index >= 15 is 0 Å². The lowest BCUT2D eigenvalue weighted by Crippen LogP contribution is -2.25. The number of aromatic nitrogens is 3. The van der Waals surface area contributed by atoms with Crippen LogP contribution >= 0.6 is 0 Å². The lowest BCUT2D eigenvalue weighted by Gasteiger charge is -2.20. The highest BCUT2D eigenvalue weighted by Gasteiger charge is 2.27. The minimum absolute atomic E-state index is 0.187. The molecule has 1 aliphatic heterocycles. The molecule has 4 rings (SSSR count). The van der Waals surface area contributed by atoms with Crippen LogP contribution in [0.25, 0.3) is 11.2 Å². The molecule has 0 spiro atoms. The second-order valence-corrected chi connectivity index (χ2v) is 7.40. The van der Waals surface area contributed by atoms with E-state index in [1.807, 2.05) is 24.3 Å². The van der Waals surface area contributed by atoms with Gasteiger partial charge in [-0.15, -0.1) is 0 Å². The highest BCUT2D eigenvalue weighted by molar-refractivity contribution is 6.01. The SMILES string of the molecule is C=CC(=O)N(C)c1cnc2nc(N3CC[C@H](CO)C3)n(Cc3ccccc3)c2c1. The van der Waals surface area contributed by atoms with Crippen LogP contribution in [0.5, 0.6) is 0 Å². The zero-order valence-corrected chi connectivity index (χ0v) is 16.5. The van der Waals surface area contributed by atoms with E-state index in [0.29, 0.717) is 17.9 Å². The van der Waals surface area contributed by atoms with E-state index in [9.17, 15) is 9.90 Å². The van der Waals surface area contributed by atoms with Gasteiger partial charge in [-0.3, -0.25) is 4.79 Å². The third kappa shape index (κ3) is 3.73. The Balaban J connectivity index is 1.80. The molecule has 1 saturated heterocycles. The Labute approximate surface area is 169 Å². The number of rotatable bonds is 6. The lowest BCUT2D eigenvalue weighted by molar-refractivity contribution is -0.113. The van der Waals surface area contributed by atoms with Gasteiger partial charge in [-0.05, 0) is 24.1 Å². The van der Waals surface area contributed by atoms with Gasteiger partial charge in [0.2, 0.25) is 11.9 Å². The largest absolute Gasteiger partial charge is 0.396 e. The van der Waals surface area contributed by atoms with Crippen LogP contribution in [0.2, 0.25) is 0 Å². The summed E-state index contributed by atoms with van der Waals surface area (Å²) in [6, 6.07) is 12.2. The van der Waals surface area contributed by atoms with Crippen LogP contribution < -0.4 is 9.80 Å². The molecular formula is C22H25N5O2. The Morgan fingerprint density at radius 2 is 2.17 bits per heavy atom. The molecule has 3 heterocycles. The highest BCUT2D eigenvalue weighted by Crippen LogP contribution is 2.29. The Bertz CT molecular complexity index is 1030. The number of imidazole rings is 1. The van der Waals surface area contributed by atoms with Crippen LogP contribution in [0.3, 0.4) is 0 Å². The molecule has 7 nitrogen and oxygen atoms in total. The van der Waals surface area contributed by atoms with E-state index < -0.39 is 0 Å². The molecule has 0 unspecified atom stereocenters. The average Bonchev–Trinajstić information content (AvgIpc) is 3.38. The van der Waals surface area contributed by atoms with E-state index in [1.165, 1.54) is 11.0 Å². The van der Waals surface area contributed by atoms with Crippen LogP contribution in [-0.4, -0.2) is 52.3 Å². The Morgan fingerprint density at radius 1 is 1.38 bits per heavy atom. The van der Waals surface area contributed by atoms with E-state index in [4.69, 9.17) is 4.98 Å². The summed E-state index contributed by atoms with van der Waals surface area (Å²) in [5.74, 6) is 0.924. The van der Waals surface area contributed by atoms with Crippen molar-refractivity contribution in [1.82, 2.24) is 14.5 Å². The van der Waals surface area contributed by atoms with Gasteiger partial charge in [0.05, 0.1) is 23.9 Å². The molecule has 1 atom stereocenters. The average molecular weight is 391 g/mol. The first kappa shape index (κ1) is 19.1. The molecule has 0 saturated carbocycles. The predicted octanol–water partition coefficient (Wildman–Crippen LogP) is 2.45. The number of amides is 1. The van der Waals surface area contributed by atoms with Crippen LogP contribution in [0.4, 0.5) is 11.6 Å². The van der Waals surface area contributed by atoms with Crippen molar-refractivity contribution in [3.63, 3.8) is 0 Å². The van der Waals surface area contributed by atoms with Gasteiger partial charge in [-0.2, -0.15) is 4.98 Å². The van der Waals surface area contributed by atoms with Crippen molar-refractivity contribution in [2.24, 2.45) is 5.92 Å². The van der Waals surface area contributed by atoms with Crippen LogP contribution in [0.1, 0.15) is 12.0 Å². The number of aliphatic hydroxyl groups excluding tert-OH is 1. The molecule has 1 N–H and O–H groups in total. The first-order valence-electron chi connectivity index (χ1n) is 9.77. The van der Waals surface area contributed by atoms with Gasteiger partial charge in [-0.1, -0.05) is 36.9 Å². The van der Waals surface area contributed by atoms with Gasteiger partial charge < -0.3 is 19.5 Å². The van der Waals surface area contributed by atoms with Crippen LogP contribution in [-0.2, 0) is 11.3 Å². The summed E-state index contributed by atoms with van der Waals surface area (Å²) < 4.78 is 2.15. The fourth-order valence-electron chi connectivity index (χ4n) is 3.76. The molecule has 0 aliphatic carbocycles. The maximum atomic E-state index is 12.0. The van der Waals surface area contributed by atoms with Crippen molar-refractivity contribution < 1.29 is 9.90 Å². The maximum Gasteiger partial charge on any atom is 0.250 e. The molecule has 0 bridgehead atoms. The third-order valence-electron chi connectivity index (χ3n) is 5.47. The first-order chi connectivity index (χ1) is 14.1. The molecule has 0 radical (unpaired) electrons. The second kappa shape index (κ2) is 8.05. The fourth-order valence-corrected chi connectivity index (χ4v) is 3.76. The highest BCUT2D eigenvalue weighted by atomic mass is 16.3. The lowest BCUT2D eigenvalue weighted by atomic mass is 10.1. The van der Waals surface area contributed by atoms with Crippen LogP contribution in [0.15, 0.2) is 55.3 Å². The minimum atomic E-state index is -0.189. The van der Waals surface area contributed by atoms with Crippen molar-refractivity contribution >= 4 is 28.7 Å². The number of benzene rings is 1. The number of likely N-dealkylation sites (N-methyl/N-ethyl adjacent to an activating group) is 1. The number of aliphatic hydroxyl groups is 1. The summed E-state index contributed by atoms with van der Waals surface area (Å²) in [5, 5.41) is 9.54. The van der Waals surface area contributed by atoms with Gasteiger partial charge in [0.25, 0.3) is 0 Å². The monoisotopic (exact) mass is 391 g/mol. The normalized spacial score (nSPS) is 16.3. The van der Waals surface area contributed by atoms with Crippen molar-refractivity contribution in [2.45, 2.75) is 13.0 Å². The Kier molecular flexibility index (Phi) is 5.31. The van der Waals surface area contributed by atoms with Crippen molar-refractivity contribution in [3.05, 3.63) is 60.8 Å². The molecule has 7 heteroatoms. The van der Waals surface area contributed by atoms with Gasteiger partial charge >= 0.3 is 0 Å². The molecule has 1 aliphatic rings. The third-order valence-corrected chi connectivity index (χ3v) is 5.47. The van der Waals surface area contributed by atoms with E-state index in [1.54, 1.807) is 13.2 Å². The predicted molar refractivity (Wildman–Crippen MR) is 114 cm³/mol. The molecule has 3 aromatic rings. The molecule has 150 valence electrons. The molecule has 29 heavy (non-hydrogen) atoms. The molecule has 1 fully saturated rings. The zero-order chi connectivity index (χ0) is 20.4. The summed E-state index contributed by atoms with van der Waals surface area (Å²) in [4.78, 5) is 25.1. The van der Waals surface area contributed by atoms with E-state index in [-0.39, 0.29) is 18.4 Å². The van der Waals surface area contributed by atoms with Gasteiger partial charge in [0, 0.05) is 32.7 Å². The van der Waals surface area contributed by atoms with Crippen LogP contribution in [0, 0.1) is 5.92 Å². The van der Waals surface area contributed by atoms with Gasteiger partial charge in [-0.25, -0.2) is 4.98 Å².